The van der Waals surface area contributed by atoms with Crippen molar-refractivity contribution in [2.24, 2.45) is 0 Å². The van der Waals surface area contributed by atoms with Crippen LogP contribution in [0.25, 0.3) is 10.9 Å². The van der Waals surface area contributed by atoms with Gasteiger partial charge in [0.1, 0.15) is 5.82 Å². The number of halogens is 5. The largest absolute Gasteiger partial charge is 0.505 e. The topological polar surface area (TPSA) is 78.3 Å². The average molecular weight is 456 g/mol. The number of hydrogen-bond donors (Lipinski definition) is 3. The third kappa shape index (κ3) is 3.36. The lowest BCUT2D eigenvalue weighted by atomic mass is 9.70. The van der Waals surface area contributed by atoms with Crippen LogP contribution in [0.15, 0.2) is 30.5 Å². The zero-order chi connectivity index (χ0) is 22.7. The Morgan fingerprint density at radius 2 is 2.00 bits per heavy atom. The van der Waals surface area contributed by atoms with Gasteiger partial charge in [0, 0.05) is 22.8 Å². The van der Waals surface area contributed by atoms with Gasteiger partial charge in [-0.3, -0.25) is 0 Å². The van der Waals surface area contributed by atoms with Gasteiger partial charge in [0.25, 0.3) is 0 Å². The number of fused-ring (bicyclic) bond motifs is 2. The fraction of sp³-hybridized carbons (Fsp3) is 0.333. The molecule has 1 heterocycles. The number of nitrogens with one attached hydrogen (secondary N) is 1. The molecular formula is C21H18ClF4N3O2. The first-order valence-electron chi connectivity index (χ1n) is 9.43. The molecule has 0 saturated heterocycles. The van der Waals surface area contributed by atoms with E-state index < -0.39 is 46.7 Å². The first kappa shape index (κ1) is 21.6. The molecule has 2 aromatic carbocycles. The van der Waals surface area contributed by atoms with Crippen LogP contribution in [0.2, 0.25) is 5.02 Å². The van der Waals surface area contributed by atoms with Crippen LogP contribution < -0.4 is 5.32 Å². The Bertz CT molecular complexity index is 1190. The number of phenols is 1. The van der Waals surface area contributed by atoms with E-state index >= 15 is 0 Å². The standard InChI is InChI=1S/C21H18ClF4N3O2/c1-9-7-20(31,21(24,25)26)19(11-6-13(22)17(23)18(30)16(9)11)29-15-5-3-4-14-12(15)8-27-10(2)28-14/h3-6,8-9,19,29-31H,7H2,1-2H3. The number of anilines is 1. The van der Waals surface area contributed by atoms with Gasteiger partial charge in [0.2, 0.25) is 0 Å². The number of alkyl halides is 3. The molecule has 0 bridgehead atoms. The summed E-state index contributed by atoms with van der Waals surface area (Å²) in [4.78, 5) is 8.36. The first-order chi connectivity index (χ1) is 14.4. The summed E-state index contributed by atoms with van der Waals surface area (Å²) in [6.07, 6.45) is -4.34. The van der Waals surface area contributed by atoms with E-state index in [1.165, 1.54) is 19.2 Å². The molecule has 5 nitrogen and oxygen atoms in total. The molecule has 0 spiro atoms. The number of rotatable bonds is 2. The Balaban J connectivity index is 1.95. The van der Waals surface area contributed by atoms with E-state index in [-0.39, 0.29) is 16.8 Å². The van der Waals surface area contributed by atoms with Gasteiger partial charge >= 0.3 is 6.18 Å². The third-order valence-electron chi connectivity index (χ3n) is 5.70. The number of aromatic nitrogens is 2. The summed E-state index contributed by atoms with van der Waals surface area (Å²) in [7, 11) is 0. The van der Waals surface area contributed by atoms with Crippen molar-refractivity contribution in [2.45, 2.75) is 44.0 Å². The molecule has 164 valence electrons. The van der Waals surface area contributed by atoms with Gasteiger partial charge in [-0.2, -0.15) is 13.2 Å². The summed E-state index contributed by atoms with van der Waals surface area (Å²) in [6.45, 7) is 3.06. The summed E-state index contributed by atoms with van der Waals surface area (Å²) < 4.78 is 56.5. The number of hydrogen-bond acceptors (Lipinski definition) is 5. The Labute approximate surface area is 179 Å². The predicted molar refractivity (Wildman–Crippen MR) is 108 cm³/mol. The normalized spacial score (nSPS) is 23.6. The van der Waals surface area contributed by atoms with Gasteiger partial charge in [-0.1, -0.05) is 24.6 Å². The molecule has 0 saturated carbocycles. The quantitative estimate of drug-likeness (QED) is 0.451. The second-order valence-electron chi connectivity index (χ2n) is 7.78. The smallest absolute Gasteiger partial charge is 0.419 e. The second kappa shape index (κ2) is 7.20. The van der Waals surface area contributed by atoms with Crippen molar-refractivity contribution in [3.8, 4) is 5.75 Å². The van der Waals surface area contributed by atoms with Crippen LogP contribution in [0, 0.1) is 12.7 Å². The molecule has 0 amide bonds. The fourth-order valence-electron chi connectivity index (χ4n) is 4.25. The zero-order valence-electron chi connectivity index (χ0n) is 16.4. The number of aromatic hydroxyl groups is 1. The molecular weight excluding hydrogens is 438 g/mol. The maximum atomic E-state index is 14.2. The summed E-state index contributed by atoms with van der Waals surface area (Å²) in [5.74, 6) is -2.43. The Kier molecular flexibility index (Phi) is 5.01. The molecule has 1 aromatic heterocycles. The van der Waals surface area contributed by atoms with Gasteiger partial charge in [0.05, 0.1) is 16.6 Å². The lowest BCUT2D eigenvalue weighted by molar-refractivity contribution is -0.272. The minimum atomic E-state index is -5.02. The van der Waals surface area contributed by atoms with Gasteiger partial charge in [-0.15, -0.1) is 0 Å². The Morgan fingerprint density at radius 3 is 2.68 bits per heavy atom. The maximum absolute atomic E-state index is 14.2. The summed E-state index contributed by atoms with van der Waals surface area (Å²) in [5.41, 5.74) is -2.63. The number of benzene rings is 2. The van der Waals surface area contributed by atoms with Crippen molar-refractivity contribution in [1.29, 1.82) is 0 Å². The number of aliphatic hydroxyl groups is 1. The highest BCUT2D eigenvalue weighted by atomic mass is 35.5. The number of phenolic OH excluding ortho intramolecular Hbond substituents is 1. The minimum absolute atomic E-state index is 0.0272. The van der Waals surface area contributed by atoms with Crippen LogP contribution in [0.1, 0.15) is 42.3 Å². The molecule has 3 unspecified atom stereocenters. The highest BCUT2D eigenvalue weighted by Crippen LogP contribution is 2.55. The highest BCUT2D eigenvalue weighted by Gasteiger charge is 2.62. The van der Waals surface area contributed by atoms with E-state index in [1.807, 2.05) is 0 Å². The van der Waals surface area contributed by atoms with Crippen molar-refractivity contribution < 1.29 is 27.8 Å². The molecule has 0 radical (unpaired) electrons. The fourth-order valence-corrected chi connectivity index (χ4v) is 4.46. The van der Waals surface area contributed by atoms with Gasteiger partial charge in [-0.05, 0) is 43.0 Å². The molecule has 3 aromatic rings. The lowest BCUT2D eigenvalue weighted by Crippen LogP contribution is -2.55. The predicted octanol–water partition coefficient (Wildman–Crippen LogP) is 5.39. The van der Waals surface area contributed by atoms with E-state index in [4.69, 9.17) is 11.6 Å². The van der Waals surface area contributed by atoms with Crippen LogP contribution in [0.4, 0.5) is 23.2 Å². The van der Waals surface area contributed by atoms with Gasteiger partial charge < -0.3 is 15.5 Å². The molecule has 0 fully saturated rings. The van der Waals surface area contributed by atoms with E-state index in [0.717, 1.165) is 6.07 Å². The molecule has 3 N–H and O–H groups in total. The van der Waals surface area contributed by atoms with E-state index in [1.54, 1.807) is 19.1 Å². The second-order valence-corrected chi connectivity index (χ2v) is 8.19. The molecule has 0 aliphatic heterocycles. The van der Waals surface area contributed by atoms with Crippen molar-refractivity contribution in [1.82, 2.24) is 9.97 Å². The van der Waals surface area contributed by atoms with Gasteiger partial charge in [-0.25, -0.2) is 14.4 Å². The van der Waals surface area contributed by atoms with E-state index in [2.05, 4.69) is 15.3 Å². The Hall–Kier alpha value is -2.65. The number of nitrogens with zero attached hydrogens (tertiary/aromatic N) is 2. The van der Waals surface area contributed by atoms with Crippen LogP contribution in [-0.4, -0.2) is 32.0 Å². The van der Waals surface area contributed by atoms with Crippen LogP contribution in [0.5, 0.6) is 5.75 Å². The van der Waals surface area contributed by atoms with E-state index in [9.17, 15) is 27.8 Å². The average Bonchev–Trinajstić information content (AvgIpc) is 2.67. The molecule has 10 heteroatoms. The van der Waals surface area contributed by atoms with Crippen molar-refractivity contribution in [2.75, 3.05) is 5.32 Å². The van der Waals surface area contributed by atoms with Crippen LogP contribution in [-0.2, 0) is 0 Å². The third-order valence-corrected chi connectivity index (χ3v) is 5.98. The maximum Gasteiger partial charge on any atom is 0.419 e. The monoisotopic (exact) mass is 455 g/mol. The molecule has 3 atom stereocenters. The summed E-state index contributed by atoms with van der Waals surface area (Å²) in [6, 6.07) is 4.06. The highest BCUT2D eigenvalue weighted by molar-refractivity contribution is 6.31. The SMILES string of the molecule is Cc1ncc2c(NC3c4cc(Cl)c(F)c(O)c4C(C)CC3(O)C(F)(F)F)cccc2n1. The van der Waals surface area contributed by atoms with Crippen LogP contribution >= 0.6 is 11.6 Å². The molecule has 4 rings (SSSR count). The van der Waals surface area contributed by atoms with Crippen molar-refractivity contribution >= 4 is 28.2 Å². The Morgan fingerprint density at radius 1 is 1.29 bits per heavy atom. The minimum Gasteiger partial charge on any atom is -0.505 e. The lowest BCUT2D eigenvalue weighted by Gasteiger charge is -2.45. The van der Waals surface area contributed by atoms with E-state index in [0.29, 0.717) is 16.7 Å². The first-order valence-corrected chi connectivity index (χ1v) is 9.80. The number of aryl methyl sites for hydroxylation is 1. The van der Waals surface area contributed by atoms with Crippen molar-refractivity contribution in [3.63, 3.8) is 0 Å². The summed E-state index contributed by atoms with van der Waals surface area (Å²) >= 11 is 5.84. The van der Waals surface area contributed by atoms with Crippen molar-refractivity contribution in [3.05, 3.63) is 58.3 Å². The molecule has 31 heavy (non-hydrogen) atoms. The van der Waals surface area contributed by atoms with Crippen LogP contribution in [0.3, 0.4) is 0 Å². The molecule has 1 aliphatic rings. The zero-order valence-corrected chi connectivity index (χ0v) is 17.2. The summed E-state index contributed by atoms with van der Waals surface area (Å²) in [5, 5.41) is 23.8. The molecule has 1 aliphatic carbocycles. The van der Waals surface area contributed by atoms with Gasteiger partial charge in [0.15, 0.2) is 17.2 Å².